The fourth-order valence-electron chi connectivity index (χ4n) is 4.97. The van der Waals surface area contributed by atoms with Crippen molar-refractivity contribution in [2.24, 2.45) is 0 Å². The molecule has 2 amide bonds. The van der Waals surface area contributed by atoms with E-state index in [0.29, 0.717) is 40.6 Å². The first-order valence-corrected chi connectivity index (χ1v) is 15.7. The molecule has 0 fully saturated rings. The van der Waals surface area contributed by atoms with Gasteiger partial charge in [0.15, 0.2) is 11.5 Å². The zero-order valence-electron chi connectivity index (χ0n) is 28.6. The molecule has 0 spiro atoms. The average Bonchev–Trinajstić information content (AvgIpc) is 3.11. The SMILES string of the molecule is CCN(CC)CCN(C)C(=O)c1ccc(Nc2nccc(N(Cc3cc(OC)ccc3OC)C(=O)Oc3cc(C)ccc3OC)n2)cc1. The Morgan fingerprint density at radius 2 is 1.52 bits per heavy atom. The van der Waals surface area contributed by atoms with Crippen LogP contribution in [0, 0.1) is 6.92 Å². The average molecular weight is 657 g/mol. The monoisotopic (exact) mass is 656 g/mol. The van der Waals surface area contributed by atoms with Crippen LogP contribution in [0.1, 0.15) is 35.3 Å². The first-order valence-electron chi connectivity index (χ1n) is 15.7. The molecule has 1 heterocycles. The number of aryl methyl sites for hydroxylation is 1. The standard InChI is InChI=1S/C36H44N6O6/c1-8-41(9-2)21-20-40(4)34(43)26-11-13-28(14-12-26)38-35-37-19-18-33(39-35)42(24-27-23-29(45-5)15-17-30(27)46-6)36(44)48-32-22-25(3)10-16-31(32)47-7/h10-19,22-23H,8-9,20-21,24H2,1-7H3,(H,37,38,39). The second kappa shape index (κ2) is 17.0. The zero-order valence-corrected chi connectivity index (χ0v) is 28.6. The van der Waals surface area contributed by atoms with E-state index in [4.69, 9.17) is 18.9 Å². The van der Waals surface area contributed by atoms with E-state index < -0.39 is 6.09 Å². The van der Waals surface area contributed by atoms with Crippen LogP contribution in [0.4, 0.5) is 22.2 Å². The van der Waals surface area contributed by atoms with Crippen molar-refractivity contribution in [1.82, 2.24) is 19.8 Å². The molecule has 0 saturated carbocycles. The van der Waals surface area contributed by atoms with Crippen LogP contribution in [0.2, 0.25) is 0 Å². The van der Waals surface area contributed by atoms with Crippen molar-refractivity contribution < 1.29 is 28.5 Å². The minimum Gasteiger partial charge on any atom is -0.497 e. The van der Waals surface area contributed by atoms with E-state index in [1.165, 1.54) is 12.0 Å². The predicted molar refractivity (Wildman–Crippen MR) is 186 cm³/mol. The highest BCUT2D eigenvalue weighted by molar-refractivity contribution is 5.94. The summed E-state index contributed by atoms with van der Waals surface area (Å²) >= 11 is 0. The number of aromatic nitrogens is 2. The van der Waals surface area contributed by atoms with Gasteiger partial charge in [0.05, 0.1) is 27.9 Å². The third kappa shape index (κ3) is 9.13. The van der Waals surface area contributed by atoms with E-state index in [0.717, 1.165) is 25.2 Å². The molecule has 0 unspecified atom stereocenters. The first-order chi connectivity index (χ1) is 23.2. The maximum absolute atomic E-state index is 13.9. The Bertz CT molecular complexity index is 1680. The molecule has 0 radical (unpaired) electrons. The van der Waals surface area contributed by atoms with Crippen molar-refractivity contribution in [2.75, 3.05) is 64.8 Å². The van der Waals surface area contributed by atoms with Crippen LogP contribution in [-0.2, 0) is 6.54 Å². The molecule has 0 aliphatic rings. The number of nitrogens with one attached hydrogen (secondary N) is 1. The molecule has 3 aromatic carbocycles. The Balaban J connectivity index is 1.58. The minimum absolute atomic E-state index is 0.0440. The smallest absolute Gasteiger partial charge is 0.421 e. The van der Waals surface area contributed by atoms with Gasteiger partial charge in [-0.15, -0.1) is 0 Å². The Labute approximate surface area is 282 Å². The lowest BCUT2D eigenvalue weighted by Crippen LogP contribution is -2.36. The third-order valence-corrected chi connectivity index (χ3v) is 7.85. The van der Waals surface area contributed by atoms with Crippen molar-refractivity contribution >= 4 is 29.5 Å². The Kier molecular flexibility index (Phi) is 12.6. The fourth-order valence-corrected chi connectivity index (χ4v) is 4.97. The van der Waals surface area contributed by atoms with Crippen LogP contribution in [0.15, 0.2) is 72.9 Å². The maximum atomic E-state index is 13.9. The largest absolute Gasteiger partial charge is 0.497 e. The summed E-state index contributed by atoms with van der Waals surface area (Å²) < 4.78 is 22.3. The summed E-state index contributed by atoms with van der Waals surface area (Å²) in [6, 6.07) is 19.4. The molecular weight excluding hydrogens is 612 g/mol. The van der Waals surface area contributed by atoms with Crippen molar-refractivity contribution in [3.63, 3.8) is 0 Å². The summed E-state index contributed by atoms with van der Waals surface area (Å²) in [6.07, 6.45) is 0.852. The third-order valence-electron chi connectivity index (χ3n) is 7.85. The molecular formula is C36H44N6O6. The molecule has 4 aromatic rings. The number of benzene rings is 3. The number of likely N-dealkylation sites (N-methyl/N-ethyl adjacent to an activating group) is 2. The van der Waals surface area contributed by atoms with Crippen LogP contribution >= 0.6 is 0 Å². The molecule has 254 valence electrons. The number of rotatable bonds is 15. The number of ether oxygens (including phenoxy) is 4. The van der Waals surface area contributed by atoms with Gasteiger partial charge in [0.25, 0.3) is 5.91 Å². The molecule has 0 atom stereocenters. The molecule has 1 aromatic heterocycles. The van der Waals surface area contributed by atoms with Gasteiger partial charge in [-0.1, -0.05) is 19.9 Å². The van der Waals surface area contributed by atoms with Crippen molar-refractivity contribution in [1.29, 1.82) is 0 Å². The zero-order chi connectivity index (χ0) is 34.6. The van der Waals surface area contributed by atoms with Crippen LogP contribution in [0.5, 0.6) is 23.0 Å². The summed E-state index contributed by atoms with van der Waals surface area (Å²) in [7, 11) is 6.45. The van der Waals surface area contributed by atoms with Crippen LogP contribution in [0.25, 0.3) is 0 Å². The van der Waals surface area contributed by atoms with Gasteiger partial charge in [-0.05, 0) is 86.2 Å². The van der Waals surface area contributed by atoms with E-state index in [1.807, 2.05) is 20.0 Å². The molecule has 0 saturated heterocycles. The highest BCUT2D eigenvalue weighted by atomic mass is 16.6. The molecule has 0 aliphatic heterocycles. The molecule has 4 rings (SSSR count). The number of nitrogens with zero attached hydrogens (tertiary/aromatic N) is 5. The molecule has 1 N–H and O–H groups in total. The number of methoxy groups -OCH3 is 3. The van der Waals surface area contributed by atoms with E-state index in [-0.39, 0.29) is 30.0 Å². The number of hydrogen-bond donors (Lipinski definition) is 1. The van der Waals surface area contributed by atoms with Crippen LogP contribution in [-0.4, -0.2) is 86.3 Å². The molecule has 48 heavy (non-hydrogen) atoms. The van der Waals surface area contributed by atoms with Crippen molar-refractivity contribution in [2.45, 2.75) is 27.3 Å². The molecule has 0 bridgehead atoms. The second-order valence-electron chi connectivity index (χ2n) is 11.0. The van der Waals surface area contributed by atoms with Gasteiger partial charge in [0.1, 0.15) is 17.3 Å². The van der Waals surface area contributed by atoms with Gasteiger partial charge >= 0.3 is 6.09 Å². The van der Waals surface area contributed by atoms with Crippen LogP contribution < -0.4 is 29.2 Å². The van der Waals surface area contributed by atoms with Crippen LogP contribution in [0.3, 0.4) is 0 Å². The summed E-state index contributed by atoms with van der Waals surface area (Å²) in [5, 5.41) is 3.17. The Morgan fingerprint density at radius 3 is 2.19 bits per heavy atom. The number of carbonyl (C=O) groups excluding carboxylic acids is 2. The van der Waals surface area contributed by atoms with Gasteiger partial charge < -0.3 is 34.1 Å². The van der Waals surface area contributed by atoms with E-state index in [2.05, 4.69) is 34.0 Å². The number of anilines is 3. The van der Waals surface area contributed by atoms with Gasteiger partial charge in [-0.3, -0.25) is 9.69 Å². The number of carbonyl (C=O) groups is 2. The summed E-state index contributed by atoms with van der Waals surface area (Å²) in [4.78, 5) is 41.2. The normalized spacial score (nSPS) is 10.8. The Hall–Kier alpha value is -5.36. The second-order valence-corrected chi connectivity index (χ2v) is 11.0. The molecule has 12 nitrogen and oxygen atoms in total. The quantitative estimate of drug-likeness (QED) is 0.159. The predicted octanol–water partition coefficient (Wildman–Crippen LogP) is 6.17. The first kappa shape index (κ1) is 35.5. The highest BCUT2D eigenvalue weighted by Gasteiger charge is 2.24. The van der Waals surface area contributed by atoms with Gasteiger partial charge in [0.2, 0.25) is 5.95 Å². The van der Waals surface area contributed by atoms with Crippen molar-refractivity contribution in [3.8, 4) is 23.0 Å². The lowest BCUT2D eigenvalue weighted by Gasteiger charge is -2.23. The Morgan fingerprint density at radius 1 is 0.812 bits per heavy atom. The summed E-state index contributed by atoms with van der Waals surface area (Å²) in [5.74, 6) is 2.30. The van der Waals surface area contributed by atoms with Gasteiger partial charge in [0, 0.05) is 43.1 Å². The van der Waals surface area contributed by atoms with Gasteiger partial charge in [-0.2, -0.15) is 4.98 Å². The summed E-state index contributed by atoms with van der Waals surface area (Å²) in [6.45, 7) is 9.50. The molecule has 0 aliphatic carbocycles. The van der Waals surface area contributed by atoms with E-state index in [1.54, 1.807) is 86.0 Å². The van der Waals surface area contributed by atoms with Gasteiger partial charge in [-0.25, -0.2) is 9.78 Å². The topological polar surface area (TPSA) is 119 Å². The maximum Gasteiger partial charge on any atom is 0.421 e. The molecule has 12 heteroatoms. The van der Waals surface area contributed by atoms with Crippen molar-refractivity contribution in [3.05, 3.63) is 89.6 Å². The lowest BCUT2D eigenvalue weighted by molar-refractivity contribution is 0.0779. The summed E-state index contributed by atoms with van der Waals surface area (Å²) in [5.41, 5.74) is 2.81. The van der Waals surface area contributed by atoms with E-state index >= 15 is 0 Å². The lowest BCUT2D eigenvalue weighted by atomic mass is 10.1. The van der Waals surface area contributed by atoms with E-state index in [9.17, 15) is 9.59 Å². The minimum atomic E-state index is -0.693. The number of amides is 2. The number of hydrogen-bond acceptors (Lipinski definition) is 10. The fraction of sp³-hybridized carbons (Fsp3) is 0.333. The highest BCUT2D eigenvalue weighted by Crippen LogP contribution is 2.31.